The van der Waals surface area contributed by atoms with E-state index in [4.69, 9.17) is 4.74 Å². The number of hydrogen-bond donors (Lipinski definition) is 1. The first-order valence-corrected chi connectivity index (χ1v) is 8.24. The molecule has 2 rings (SSSR count). The minimum atomic E-state index is 0.423. The Morgan fingerprint density at radius 1 is 1.26 bits per heavy atom. The first-order chi connectivity index (χ1) is 9.33. The molecular weight excluding hydrogens is 252 g/mol. The van der Waals surface area contributed by atoms with Gasteiger partial charge in [0.2, 0.25) is 0 Å². The molecule has 0 aliphatic heterocycles. The molecule has 1 nitrogen and oxygen atoms in total. The number of ether oxygens (including phenoxy) is 1. The highest BCUT2D eigenvalue weighted by Crippen LogP contribution is 2.29. The lowest BCUT2D eigenvalue weighted by molar-refractivity contribution is 0.00737. The molecule has 1 saturated carbocycles. The summed E-state index contributed by atoms with van der Waals surface area (Å²) in [6, 6.07) is 10.6. The van der Waals surface area contributed by atoms with Crippen LogP contribution in [0.2, 0.25) is 0 Å². The summed E-state index contributed by atoms with van der Waals surface area (Å²) < 4.78 is 6.17. The van der Waals surface area contributed by atoms with Gasteiger partial charge in [0.25, 0.3) is 0 Å². The molecule has 1 aliphatic carbocycles. The molecule has 0 N–H and O–H groups in total. The second-order valence-electron chi connectivity index (χ2n) is 5.69. The van der Waals surface area contributed by atoms with Gasteiger partial charge < -0.3 is 4.74 Å². The standard InChI is InChI=1S/C17H26OS/c1-2-14-7-6-10-17(11-14)18-12-16(13-19)15-8-4-3-5-9-15/h3-5,8-9,14,16-17,19H,2,6-7,10-13H2,1H3. The summed E-state index contributed by atoms with van der Waals surface area (Å²) >= 11 is 4.48. The zero-order chi connectivity index (χ0) is 13.5. The third kappa shape index (κ3) is 4.54. The summed E-state index contributed by atoms with van der Waals surface area (Å²) in [6.45, 7) is 3.11. The van der Waals surface area contributed by atoms with E-state index in [0.29, 0.717) is 12.0 Å². The van der Waals surface area contributed by atoms with Crippen molar-refractivity contribution in [3.8, 4) is 0 Å². The van der Waals surface area contributed by atoms with Crippen LogP contribution in [0.25, 0.3) is 0 Å². The fraction of sp³-hybridized carbons (Fsp3) is 0.647. The van der Waals surface area contributed by atoms with Crippen molar-refractivity contribution >= 4 is 12.6 Å². The van der Waals surface area contributed by atoms with Crippen LogP contribution in [0.5, 0.6) is 0 Å². The van der Waals surface area contributed by atoms with E-state index in [2.05, 4.69) is 49.9 Å². The Balaban J connectivity index is 1.83. The summed E-state index contributed by atoms with van der Waals surface area (Å²) in [5, 5.41) is 0. The Morgan fingerprint density at radius 2 is 2.05 bits per heavy atom. The third-order valence-electron chi connectivity index (χ3n) is 4.34. The minimum Gasteiger partial charge on any atom is -0.378 e. The quantitative estimate of drug-likeness (QED) is 0.743. The van der Waals surface area contributed by atoms with Gasteiger partial charge >= 0.3 is 0 Å². The van der Waals surface area contributed by atoms with E-state index < -0.39 is 0 Å². The normalized spacial score (nSPS) is 25.2. The van der Waals surface area contributed by atoms with Gasteiger partial charge in [-0.25, -0.2) is 0 Å². The summed E-state index contributed by atoms with van der Waals surface area (Å²) in [4.78, 5) is 0. The van der Waals surface area contributed by atoms with Crippen LogP contribution in [0, 0.1) is 5.92 Å². The van der Waals surface area contributed by atoms with E-state index in [-0.39, 0.29) is 0 Å². The van der Waals surface area contributed by atoms with E-state index in [0.717, 1.165) is 18.3 Å². The fourth-order valence-electron chi connectivity index (χ4n) is 3.00. The van der Waals surface area contributed by atoms with Gasteiger partial charge in [0.05, 0.1) is 12.7 Å². The second kappa shape index (κ2) is 7.96. The summed E-state index contributed by atoms with van der Waals surface area (Å²) in [7, 11) is 0. The molecular formula is C17H26OS. The average molecular weight is 278 g/mol. The van der Waals surface area contributed by atoms with Crippen LogP contribution in [0.3, 0.4) is 0 Å². The van der Waals surface area contributed by atoms with Crippen LogP contribution < -0.4 is 0 Å². The van der Waals surface area contributed by atoms with Crippen molar-refractivity contribution in [2.24, 2.45) is 5.92 Å². The molecule has 0 heterocycles. The number of benzene rings is 1. The number of hydrogen-bond acceptors (Lipinski definition) is 2. The van der Waals surface area contributed by atoms with Crippen molar-refractivity contribution in [2.45, 2.75) is 51.0 Å². The first kappa shape index (κ1) is 14.9. The predicted molar refractivity (Wildman–Crippen MR) is 85.0 cm³/mol. The van der Waals surface area contributed by atoms with Gasteiger partial charge in [-0.3, -0.25) is 0 Å². The minimum absolute atomic E-state index is 0.423. The van der Waals surface area contributed by atoms with E-state index in [1.165, 1.54) is 37.7 Å². The highest BCUT2D eigenvalue weighted by Gasteiger charge is 2.22. The molecule has 1 aromatic carbocycles. The van der Waals surface area contributed by atoms with Gasteiger partial charge in [-0.1, -0.05) is 56.5 Å². The highest BCUT2D eigenvalue weighted by atomic mass is 32.1. The van der Waals surface area contributed by atoms with Crippen molar-refractivity contribution in [2.75, 3.05) is 12.4 Å². The Bertz CT molecular complexity index is 352. The molecule has 0 aromatic heterocycles. The lowest BCUT2D eigenvalue weighted by Crippen LogP contribution is -2.25. The molecule has 1 aromatic rings. The van der Waals surface area contributed by atoms with Crippen molar-refractivity contribution in [1.29, 1.82) is 0 Å². The first-order valence-electron chi connectivity index (χ1n) is 7.60. The van der Waals surface area contributed by atoms with E-state index in [1.54, 1.807) is 0 Å². The lowest BCUT2D eigenvalue weighted by Gasteiger charge is -2.29. The van der Waals surface area contributed by atoms with Crippen molar-refractivity contribution < 1.29 is 4.74 Å². The zero-order valence-electron chi connectivity index (χ0n) is 11.9. The SMILES string of the molecule is CCC1CCCC(OCC(CS)c2ccccc2)C1. The summed E-state index contributed by atoms with van der Waals surface area (Å²) in [6.07, 6.45) is 7.00. The topological polar surface area (TPSA) is 9.23 Å². The Kier molecular flexibility index (Phi) is 6.25. The van der Waals surface area contributed by atoms with Gasteiger partial charge in [0, 0.05) is 5.92 Å². The van der Waals surface area contributed by atoms with Gasteiger partial charge in [0.15, 0.2) is 0 Å². The maximum absolute atomic E-state index is 6.17. The van der Waals surface area contributed by atoms with Crippen LogP contribution in [0.15, 0.2) is 30.3 Å². The highest BCUT2D eigenvalue weighted by molar-refractivity contribution is 7.80. The number of thiol groups is 1. The fourth-order valence-corrected chi connectivity index (χ4v) is 3.31. The van der Waals surface area contributed by atoms with E-state index in [1.807, 2.05) is 0 Å². The smallest absolute Gasteiger partial charge is 0.0578 e. The Morgan fingerprint density at radius 3 is 2.74 bits per heavy atom. The van der Waals surface area contributed by atoms with Crippen LogP contribution >= 0.6 is 12.6 Å². The maximum atomic E-state index is 6.17. The van der Waals surface area contributed by atoms with E-state index >= 15 is 0 Å². The lowest BCUT2D eigenvalue weighted by atomic mass is 9.85. The van der Waals surface area contributed by atoms with E-state index in [9.17, 15) is 0 Å². The molecule has 0 bridgehead atoms. The molecule has 0 spiro atoms. The van der Waals surface area contributed by atoms with Gasteiger partial charge in [0.1, 0.15) is 0 Å². The van der Waals surface area contributed by atoms with Gasteiger partial charge in [-0.15, -0.1) is 0 Å². The molecule has 0 radical (unpaired) electrons. The van der Waals surface area contributed by atoms with Crippen molar-refractivity contribution in [3.63, 3.8) is 0 Å². The molecule has 1 aliphatic rings. The molecule has 3 atom stereocenters. The molecule has 2 heteroatoms. The monoisotopic (exact) mass is 278 g/mol. The van der Waals surface area contributed by atoms with Crippen LogP contribution in [-0.2, 0) is 4.74 Å². The second-order valence-corrected chi connectivity index (χ2v) is 6.05. The molecule has 106 valence electrons. The average Bonchev–Trinajstić information content (AvgIpc) is 2.49. The van der Waals surface area contributed by atoms with Gasteiger partial charge in [-0.2, -0.15) is 12.6 Å². The molecule has 0 amide bonds. The Hall–Kier alpha value is -0.470. The van der Waals surface area contributed by atoms with Crippen molar-refractivity contribution in [1.82, 2.24) is 0 Å². The largest absolute Gasteiger partial charge is 0.378 e. The molecule has 19 heavy (non-hydrogen) atoms. The van der Waals surface area contributed by atoms with Crippen LogP contribution in [0.4, 0.5) is 0 Å². The van der Waals surface area contributed by atoms with Crippen LogP contribution in [0.1, 0.15) is 50.5 Å². The Labute approximate surface area is 123 Å². The van der Waals surface area contributed by atoms with Crippen LogP contribution in [-0.4, -0.2) is 18.5 Å². The zero-order valence-corrected chi connectivity index (χ0v) is 12.8. The molecule has 3 unspecified atom stereocenters. The number of rotatable bonds is 6. The summed E-state index contributed by atoms with van der Waals surface area (Å²) in [5.41, 5.74) is 1.35. The molecule has 1 fully saturated rings. The summed E-state index contributed by atoms with van der Waals surface area (Å²) in [5.74, 6) is 2.16. The van der Waals surface area contributed by atoms with Crippen molar-refractivity contribution in [3.05, 3.63) is 35.9 Å². The predicted octanol–water partition coefficient (Wildman–Crippen LogP) is 4.69. The van der Waals surface area contributed by atoms with Gasteiger partial charge in [-0.05, 0) is 30.1 Å². The maximum Gasteiger partial charge on any atom is 0.0578 e. The molecule has 0 saturated heterocycles. The third-order valence-corrected chi connectivity index (χ3v) is 4.78.